The van der Waals surface area contributed by atoms with Crippen LogP contribution in [-0.4, -0.2) is 5.11 Å². The lowest BCUT2D eigenvalue weighted by molar-refractivity contribution is 0.445. The van der Waals surface area contributed by atoms with E-state index in [-0.39, 0.29) is 21.7 Å². The lowest BCUT2D eigenvalue weighted by Crippen LogP contribution is -2.21. The van der Waals surface area contributed by atoms with Crippen molar-refractivity contribution in [3.05, 3.63) is 95.1 Å². The van der Waals surface area contributed by atoms with Crippen LogP contribution in [0.2, 0.25) is 0 Å². The van der Waals surface area contributed by atoms with Crippen LogP contribution in [0.3, 0.4) is 0 Å². The molecule has 0 aromatic heterocycles. The molecule has 0 saturated carbocycles. The highest BCUT2D eigenvalue weighted by Gasteiger charge is 2.35. The molecule has 0 bridgehead atoms. The number of hydrogen-bond donors (Lipinski definition) is 1. The summed E-state index contributed by atoms with van der Waals surface area (Å²) >= 11 is 0. The Hall–Kier alpha value is -3.29. The number of phenolic OH excluding ortho intramolecular Hbond substituents is 1. The Balaban J connectivity index is 1.84. The summed E-state index contributed by atoms with van der Waals surface area (Å²) in [6.07, 6.45) is 0. The highest BCUT2D eigenvalue weighted by atomic mass is 31.2. The van der Waals surface area contributed by atoms with Crippen LogP contribution in [0.5, 0.6) is 17.2 Å². The Morgan fingerprint density at radius 2 is 1.05 bits per heavy atom. The van der Waals surface area contributed by atoms with Gasteiger partial charge in [0.05, 0.1) is 5.30 Å². The van der Waals surface area contributed by atoms with Gasteiger partial charge in [0.2, 0.25) is 0 Å². The molecule has 3 nitrogen and oxygen atoms in total. The Kier molecular flexibility index (Phi) is 7.99. The molecule has 1 heterocycles. The topological polar surface area (TPSA) is 38.7 Å². The second-order valence-corrected chi connectivity index (χ2v) is 17.6. The van der Waals surface area contributed by atoms with Gasteiger partial charge in [0.25, 0.3) is 0 Å². The van der Waals surface area contributed by atoms with Crippen molar-refractivity contribution >= 4 is 13.7 Å². The van der Waals surface area contributed by atoms with Crippen LogP contribution in [0.15, 0.2) is 72.8 Å². The predicted octanol–water partition coefficient (Wildman–Crippen LogP) is 11.3. The summed E-state index contributed by atoms with van der Waals surface area (Å²) in [6, 6.07) is 25.5. The summed E-state index contributed by atoms with van der Waals surface area (Å²) in [6.45, 7) is 26.6. The molecule has 0 saturated heterocycles. The molecule has 1 N–H and O–H groups in total. The molecule has 0 radical (unpaired) electrons. The van der Waals surface area contributed by atoms with Crippen molar-refractivity contribution < 1.29 is 14.2 Å². The maximum absolute atomic E-state index is 12.1. The van der Waals surface area contributed by atoms with Gasteiger partial charge in [-0.2, -0.15) is 0 Å². The first-order valence-corrected chi connectivity index (χ1v) is 16.9. The van der Waals surface area contributed by atoms with E-state index in [0.717, 1.165) is 50.2 Å². The smallest absolute Gasteiger partial charge is 0.326 e. The number of aromatic hydroxyl groups is 1. The lowest BCUT2D eigenvalue weighted by Gasteiger charge is -2.33. The van der Waals surface area contributed by atoms with E-state index in [1.54, 1.807) is 0 Å². The third kappa shape index (κ3) is 6.14. The summed E-state index contributed by atoms with van der Waals surface area (Å²) in [5.74, 6) is 1.91. The normalized spacial score (nSPS) is 15.3. The number of benzene rings is 4. The highest BCUT2D eigenvalue weighted by Crippen LogP contribution is 2.55. The number of para-hydroxylation sites is 1. The first-order chi connectivity index (χ1) is 20.3. The quantitative estimate of drug-likeness (QED) is 0.235. The molecule has 232 valence electrons. The van der Waals surface area contributed by atoms with Gasteiger partial charge in [0.15, 0.2) is 0 Å². The van der Waals surface area contributed by atoms with E-state index < -0.39 is 8.38 Å². The first kappa shape index (κ1) is 32.1. The van der Waals surface area contributed by atoms with E-state index in [0.29, 0.717) is 5.75 Å². The van der Waals surface area contributed by atoms with Gasteiger partial charge >= 0.3 is 8.38 Å². The highest BCUT2D eigenvalue weighted by molar-refractivity contribution is 7.57. The average molecular weight is 609 g/mol. The van der Waals surface area contributed by atoms with Gasteiger partial charge < -0.3 is 14.2 Å². The minimum Gasteiger partial charge on any atom is -0.507 e. The third-order valence-electron chi connectivity index (χ3n) is 8.47. The van der Waals surface area contributed by atoms with E-state index in [1.165, 1.54) is 11.1 Å². The fraction of sp³-hybridized carbons (Fsp3) is 0.400. The molecule has 0 aliphatic carbocycles. The number of phenols is 1. The zero-order chi connectivity index (χ0) is 32.4. The molecule has 0 amide bonds. The predicted molar refractivity (Wildman–Crippen MR) is 188 cm³/mol. The maximum Gasteiger partial charge on any atom is 0.326 e. The standard InChI is InChI=1S/C40H49O3P/c1-37(2,3)25-21-29(35(41)31(23-25)39(7,8)9)30-22-26(38(4,5)6)24-32(40(10,11)12)36(30)43-44-34-20-16-14-18-28(34)27-17-13-15-19-33(27)42-44/h13-24,41H,1-12H3. The van der Waals surface area contributed by atoms with Gasteiger partial charge in [-0.15, -0.1) is 0 Å². The van der Waals surface area contributed by atoms with Gasteiger partial charge in [0.1, 0.15) is 17.2 Å². The summed E-state index contributed by atoms with van der Waals surface area (Å²) < 4.78 is 13.9. The molecular formula is C40H49O3P. The minimum absolute atomic E-state index is 0.114. The van der Waals surface area contributed by atoms with Crippen LogP contribution in [-0.2, 0) is 21.7 Å². The van der Waals surface area contributed by atoms with Crippen molar-refractivity contribution in [2.45, 2.75) is 105 Å². The van der Waals surface area contributed by atoms with Crippen LogP contribution in [0.1, 0.15) is 105 Å². The largest absolute Gasteiger partial charge is 0.507 e. The maximum atomic E-state index is 12.1. The van der Waals surface area contributed by atoms with Gasteiger partial charge in [-0.3, -0.25) is 0 Å². The monoisotopic (exact) mass is 608 g/mol. The van der Waals surface area contributed by atoms with Crippen LogP contribution < -0.4 is 14.4 Å². The summed E-state index contributed by atoms with van der Waals surface area (Å²) in [5.41, 5.74) is 7.61. The van der Waals surface area contributed by atoms with E-state index in [9.17, 15) is 5.11 Å². The zero-order valence-electron chi connectivity index (χ0n) is 28.6. The molecule has 0 spiro atoms. The molecule has 1 aliphatic rings. The summed E-state index contributed by atoms with van der Waals surface area (Å²) in [7, 11) is -1.51. The Bertz CT molecular complexity index is 1710. The molecule has 4 heteroatoms. The van der Waals surface area contributed by atoms with Gasteiger partial charge in [-0.05, 0) is 62.6 Å². The fourth-order valence-electron chi connectivity index (χ4n) is 5.68. The Morgan fingerprint density at radius 3 is 1.61 bits per heavy atom. The second-order valence-electron chi connectivity index (χ2n) is 16.3. The summed E-state index contributed by atoms with van der Waals surface area (Å²) in [4.78, 5) is 0. The minimum atomic E-state index is -1.51. The fourth-order valence-corrected chi connectivity index (χ4v) is 7.21. The third-order valence-corrected chi connectivity index (χ3v) is 9.96. The zero-order valence-corrected chi connectivity index (χ0v) is 29.5. The molecular weight excluding hydrogens is 559 g/mol. The summed E-state index contributed by atoms with van der Waals surface area (Å²) in [5, 5.41) is 13.1. The van der Waals surface area contributed by atoms with Crippen molar-refractivity contribution in [2.24, 2.45) is 0 Å². The Morgan fingerprint density at radius 1 is 0.545 bits per heavy atom. The second kappa shape index (κ2) is 11.0. The lowest BCUT2D eigenvalue weighted by atomic mass is 9.75. The first-order valence-electron chi connectivity index (χ1n) is 15.7. The molecule has 44 heavy (non-hydrogen) atoms. The molecule has 1 aliphatic heterocycles. The van der Waals surface area contributed by atoms with Crippen LogP contribution >= 0.6 is 8.38 Å². The van der Waals surface area contributed by atoms with Crippen molar-refractivity contribution in [3.8, 4) is 39.5 Å². The average Bonchev–Trinajstić information content (AvgIpc) is 2.91. The molecule has 4 aromatic carbocycles. The number of rotatable bonds is 3. The van der Waals surface area contributed by atoms with Gasteiger partial charge in [-0.25, -0.2) is 0 Å². The van der Waals surface area contributed by atoms with Crippen molar-refractivity contribution in [3.63, 3.8) is 0 Å². The van der Waals surface area contributed by atoms with Crippen molar-refractivity contribution in [1.29, 1.82) is 0 Å². The number of fused-ring (bicyclic) bond motifs is 3. The van der Waals surface area contributed by atoms with Crippen LogP contribution in [0.4, 0.5) is 0 Å². The van der Waals surface area contributed by atoms with Crippen molar-refractivity contribution in [2.75, 3.05) is 0 Å². The molecule has 1 atom stereocenters. The van der Waals surface area contributed by atoms with Crippen LogP contribution in [0, 0.1) is 0 Å². The van der Waals surface area contributed by atoms with E-state index in [4.69, 9.17) is 9.05 Å². The van der Waals surface area contributed by atoms with E-state index in [2.05, 4.69) is 138 Å². The molecule has 5 rings (SSSR count). The van der Waals surface area contributed by atoms with Gasteiger partial charge in [0, 0.05) is 27.8 Å². The van der Waals surface area contributed by atoms with E-state index >= 15 is 0 Å². The van der Waals surface area contributed by atoms with E-state index in [1.807, 2.05) is 18.2 Å². The molecule has 1 unspecified atom stereocenters. The SMILES string of the molecule is CC(C)(C)c1cc(-c2cc(C(C)(C)C)cc(C(C)(C)C)c2OP2Oc3ccccc3-c3ccccc32)c(O)c(C(C)(C)C)c1. The van der Waals surface area contributed by atoms with Crippen molar-refractivity contribution in [1.82, 2.24) is 0 Å². The number of hydrogen-bond acceptors (Lipinski definition) is 3. The Labute approximate surface area is 266 Å². The molecule has 0 fully saturated rings. The van der Waals surface area contributed by atoms with Gasteiger partial charge in [-0.1, -0.05) is 132 Å². The molecule has 4 aromatic rings. The van der Waals surface area contributed by atoms with Crippen LogP contribution in [0.25, 0.3) is 22.3 Å².